The van der Waals surface area contributed by atoms with Crippen LogP contribution in [0.4, 0.5) is 4.79 Å². The van der Waals surface area contributed by atoms with Crippen LogP contribution in [0.5, 0.6) is 5.75 Å². The Morgan fingerprint density at radius 1 is 1.42 bits per heavy atom. The van der Waals surface area contributed by atoms with Crippen LogP contribution in [0, 0.1) is 18.8 Å². The van der Waals surface area contributed by atoms with Gasteiger partial charge < -0.3 is 15.2 Å². The van der Waals surface area contributed by atoms with Crippen LogP contribution in [0.2, 0.25) is 0 Å². The van der Waals surface area contributed by atoms with E-state index >= 15 is 0 Å². The fraction of sp³-hybridized carbons (Fsp3) is 0.400. The molecule has 1 aromatic rings. The van der Waals surface area contributed by atoms with Gasteiger partial charge in [0.05, 0.1) is 6.54 Å². The molecular weight excluding hydrogens is 242 g/mol. The maximum Gasteiger partial charge on any atom is 0.408 e. The Hall–Kier alpha value is -2.15. The molecule has 0 saturated heterocycles. The second-order valence-corrected chi connectivity index (χ2v) is 5.16. The van der Waals surface area contributed by atoms with E-state index in [1.165, 1.54) is 0 Å². The van der Waals surface area contributed by atoms with Crippen LogP contribution in [-0.2, 0) is 4.74 Å². The summed E-state index contributed by atoms with van der Waals surface area (Å²) in [6.45, 7) is 7.51. The number of alkyl carbamates (subject to hydrolysis) is 1. The first-order valence-electron chi connectivity index (χ1n) is 6.03. The molecule has 1 rings (SSSR count). The second-order valence-electron chi connectivity index (χ2n) is 5.16. The lowest BCUT2D eigenvalue weighted by Gasteiger charge is -2.19. The van der Waals surface area contributed by atoms with Crippen molar-refractivity contribution in [3.05, 3.63) is 29.3 Å². The van der Waals surface area contributed by atoms with Crippen LogP contribution in [0.25, 0.3) is 0 Å². The van der Waals surface area contributed by atoms with E-state index in [9.17, 15) is 9.90 Å². The van der Waals surface area contributed by atoms with Gasteiger partial charge in [0.1, 0.15) is 11.4 Å². The number of amides is 1. The molecule has 0 fully saturated rings. The lowest BCUT2D eigenvalue weighted by Crippen LogP contribution is -2.32. The van der Waals surface area contributed by atoms with Crippen LogP contribution in [0.15, 0.2) is 18.2 Å². The van der Waals surface area contributed by atoms with Crippen LogP contribution in [0.3, 0.4) is 0 Å². The third-order valence-corrected chi connectivity index (χ3v) is 2.16. The van der Waals surface area contributed by atoms with Crippen molar-refractivity contribution in [3.8, 4) is 17.6 Å². The highest BCUT2D eigenvalue weighted by Crippen LogP contribution is 2.14. The zero-order chi connectivity index (χ0) is 14.5. The summed E-state index contributed by atoms with van der Waals surface area (Å²) in [7, 11) is 0. The van der Waals surface area contributed by atoms with E-state index < -0.39 is 11.7 Å². The van der Waals surface area contributed by atoms with Crippen LogP contribution >= 0.6 is 0 Å². The van der Waals surface area contributed by atoms with Crippen molar-refractivity contribution in [2.24, 2.45) is 0 Å². The Balaban J connectivity index is 2.52. The first kappa shape index (κ1) is 14.9. The number of ether oxygens (including phenoxy) is 1. The number of nitrogens with one attached hydrogen (secondary N) is 1. The number of phenols is 1. The van der Waals surface area contributed by atoms with Gasteiger partial charge in [-0.2, -0.15) is 0 Å². The summed E-state index contributed by atoms with van der Waals surface area (Å²) in [5.74, 6) is 5.88. The minimum atomic E-state index is -0.515. The van der Waals surface area contributed by atoms with E-state index in [2.05, 4.69) is 17.2 Å². The molecule has 4 nitrogen and oxygen atoms in total. The highest BCUT2D eigenvalue weighted by atomic mass is 16.6. The van der Waals surface area contributed by atoms with Crippen molar-refractivity contribution in [2.45, 2.75) is 33.3 Å². The number of carbonyl (C=O) groups is 1. The Morgan fingerprint density at radius 2 is 2.11 bits per heavy atom. The Kier molecular flexibility index (Phi) is 4.82. The second kappa shape index (κ2) is 6.14. The maximum atomic E-state index is 11.3. The molecule has 0 spiro atoms. The van der Waals surface area contributed by atoms with E-state index in [4.69, 9.17) is 4.74 Å². The summed E-state index contributed by atoms with van der Waals surface area (Å²) >= 11 is 0. The molecule has 19 heavy (non-hydrogen) atoms. The summed E-state index contributed by atoms with van der Waals surface area (Å²) < 4.78 is 5.08. The van der Waals surface area contributed by atoms with Crippen molar-refractivity contribution in [2.75, 3.05) is 6.54 Å². The summed E-state index contributed by atoms with van der Waals surface area (Å²) in [4.78, 5) is 11.3. The smallest absolute Gasteiger partial charge is 0.408 e. The van der Waals surface area contributed by atoms with Crippen LogP contribution < -0.4 is 5.32 Å². The van der Waals surface area contributed by atoms with Gasteiger partial charge in [-0.05, 0) is 45.4 Å². The van der Waals surface area contributed by atoms with E-state index in [1.807, 2.05) is 6.92 Å². The Morgan fingerprint density at radius 3 is 2.74 bits per heavy atom. The molecule has 1 amide bonds. The van der Waals surface area contributed by atoms with Crippen molar-refractivity contribution in [3.63, 3.8) is 0 Å². The standard InChI is InChI=1S/C15H19NO3/c1-11-7-8-13(17)10-12(11)6-5-9-16-14(18)19-15(2,3)4/h7-8,10,17H,9H2,1-4H3,(H,16,18). The number of benzene rings is 1. The number of carbonyl (C=O) groups excluding carboxylic acids is 1. The minimum absolute atomic E-state index is 0.176. The zero-order valence-electron chi connectivity index (χ0n) is 11.7. The quantitative estimate of drug-likeness (QED) is 0.764. The Labute approximate surface area is 113 Å². The molecule has 0 aromatic heterocycles. The van der Waals surface area contributed by atoms with Crippen molar-refractivity contribution < 1.29 is 14.6 Å². The molecule has 0 saturated carbocycles. The van der Waals surface area contributed by atoms with Gasteiger partial charge in [-0.15, -0.1) is 0 Å². The van der Waals surface area contributed by atoms with Crippen LogP contribution in [-0.4, -0.2) is 23.3 Å². The molecule has 0 bridgehead atoms. The first-order valence-corrected chi connectivity index (χ1v) is 6.03. The van der Waals surface area contributed by atoms with Crippen LogP contribution in [0.1, 0.15) is 31.9 Å². The molecule has 0 aliphatic heterocycles. The largest absolute Gasteiger partial charge is 0.508 e. The maximum absolute atomic E-state index is 11.3. The lowest BCUT2D eigenvalue weighted by atomic mass is 10.1. The average Bonchev–Trinajstić information content (AvgIpc) is 2.26. The highest BCUT2D eigenvalue weighted by molar-refractivity contribution is 5.68. The molecule has 0 aliphatic carbocycles. The molecule has 0 atom stereocenters. The third-order valence-electron chi connectivity index (χ3n) is 2.16. The third kappa shape index (κ3) is 5.82. The number of rotatable bonds is 1. The minimum Gasteiger partial charge on any atom is -0.508 e. The monoisotopic (exact) mass is 261 g/mol. The van der Waals surface area contributed by atoms with Gasteiger partial charge in [0.15, 0.2) is 0 Å². The van der Waals surface area contributed by atoms with Gasteiger partial charge in [-0.3, -0.25) is 0 Å². The van der Waals surface area contributed by atoms with Gasteiger partial charge in [-0.1, -0.05) is 17.9 Å². The summed E-state index contributed by atoms with van der Waals surface area (Å²) in [5, 5.41) is 11.9. The molecule has 4 heteroatoms. The van der Waals surface area contributed by atoms with Gasteiger partial charge >= 0.3 is 6.09 Å². The van der Waals surface area contributed by atoms with E-state index in [0.717, 1.165) is 11.1 Å². The predicted octanol–water partition coefficient (Wildman–Crippen LogP) is 2.58. The zero-order valence-corrected chi connectivity index (χ0v) is 11.7. The fourth-order valence-electron chi connectivity index (χ4n) is 1.31. The number of phenolic OH excluding ortho intramolecular Hbond substituents is 1. The topological polar surface area (TPSA) is 58.6 Å². The number of hydrogen-bond donors (Lipinski definition) is 2. The lowest BCUT2D eigenvalue weighted by molar-refractivity contribution is 0.0535. The summed E-state index contributed by atoms with van der Waals surface area (Å²) in [6, 6.07) is 5.00. The molecular formula is C15H19NO3. The van der Waals surface area contributed by atoms with Gasteiger partial charge in [0.2, 0.25) is 0 Å². The SMILES string of the molecule is Cc1ccc(O)cc1C#CCNC(=O)OC(C)(C)C. The molecule has 0 aliphatic rings. The molecule has 1 aromatic carbocycles. The summed E-state index contributed by atoms with van der Waals surface area (Å²) in [5.41, 5.74) is 1.20. The number of hydrogen-bond acceptors (Lipinski definition) is 3. The van der Waals surface area contributed by atoms with Gasteiger partial charge in [0, 0.05) is 5.56 Å². The molecule has 0 unspecified atom stereocenters. The van der Waals surface area contributed by atoms with Gasteiger partial charge in [0.25, 0.3) is 0 Å². The van der Waals surface area contributed by atoms with E-state index in [1.54, 1.807) is 39.0 Å². The first-order chi connectivity index (χ1) is 8.78. The van der Waals surface area contributed by atoms with E-state index in [-0.39, 0.29) is 12.3 Å². The van der Waals surface area contributed by atoms with Gasteiger partial charge in [-0.25, -0.2) is 4.79 Å². The fourth-order valence-corrected chi connectivity index (χ4v) is 1.31. The van der Waals surface area contributed by atoms with Crippen molar-refractivity contribution in [1.29, 1.82) is 0 Å². The number of aryl methyl sites for hydroxylation is 1. The predicted molar refractivity (Wildman–Crippen MR) is 74.0 cm³/mol. The highest BCUT2D eigenvalue weighted by Gasteiger charge is 2.14. The number of aromatic hydroxyl groups is 1. The average molecular weight is 261 g/mol. The molecule has 102 valence electrons. The Bertz CT molecular complexity index is 518. The molecule has 0 heterocycles. The summed E-state index contributed by atoms with van der Waals surface area (Å²) in [6.07, 6.45) is -0.491. The van der Waals surface area contributed by atoms with E-state index in [0.29, 0.717) is 0 Å². The van der Waals surface area contributed by atoms with Crippen molar-refractivity contribution >= 4 is 6.09 Å². The normalized spacial score (nSPS) is 10.3. The van der Waals surface area contributed by atoms with Crippen molar-refractivity contribution in [1.82, 2.24) is 5.32 Å². The molecule has 2 N–H and O–H groups in total. The molecule has 0 radical (unpaired) electrons.